The third-order valence-corrected chi connectivity index (χ3v) is 4.69. The molecule has 1 aliphatic carbocycles. The number of hydrogen-bond acceptors (Lipinski definition) is 3. The van der Waals surface area contributed by atoms with Crippen LogP contribution in [0.25, 0.3) is 0 Å². The number of nitro benzene ring substituents is 1. The second-order valence-corrected chi connectivity index (χ2v) is 6.30. The summed E-state index contributed by atoms with van der Waals surface area (Å²) < 4.78 is 13.7. The van der Waals surface area contributed by atoms with Crippen molar-refractivity contribution in [2.24, 2.45) is 11.8 Å². The van der Waals surface area contributed by atoms with Gasteiger partial charge in [-0.05, 0) is 34.2 Å². The summed E-state index contributed by atoms with van der Waals surface area (Å²) in [5.74, 6) is 0.612. The van der Waals surface area contributed by atoms with E-state index in [1.54, 1.807) is 0 Å². The lowest BCUT2D eigenvalue weighted by molar-refractivity contribution is -0.384. The lowest BCUT2D eigenvalue weighted by atomic mass is 9.80. The van der Waals surface area contributed by atoms with Gasteiger partial charge in [-0.1, -0.05) is 26.2 Å². The highest BCUT2D eigenvalue weighted by Gasteiger charge is 2.23. The van der Waals surface area contributed by atoms with Gasteiger partial charge in [0.1, 0.15) is 11.5 Å². The van der Waals surface area contributed by atoms with Crippen molar-refractivity contribution < 1.29 is 9.31 Å². The predicted octanol–water partition coefficient (Wildman–Crippen LogP) is 4.73. The Morgan fingerprint density at radius 1 is 1.45 bits per heavy atom. The summed E-state index contributed by atoms with van der Waals surface area (Å²) in [7, 11) is 0. The fraction of sp³-hybridized carbons (Fsp3) is 0.571. The van der Waals surface area contributed by atoms with Crippen LogP contribution in [0.2, 0.25) is 0 Å². The molecule has 1 aromatic carbocycles. The molecule has 2 rings (SSSR count). The molecular weight excluding hydrogens is 327 g/mol. The molecule has 2 atom stereocenters. The van der Waals surface area contributed by atoms with Gasteiger partial charge in [-0.3, -0.25) is 10.1 Å². The van der Waals surface area contributed by atoms with Crippen molar-refractivity contribution >= 4 is 27.3 Å². The number of nitro groups is 1. The van der Waals surface area contributed by atoms with Crippen LogP contribution in [0.4, 0.5) is 15.8 Å². The van der Waals surface area contributed by atoms with Gasteiger partial charge in [-0.2, -0.15) is 0 Å². The Morgan fingerprint density at radius 3 is 2.80 bits per heavy atom. The fourth-order valence-electron chi connectivity index (χ4n) is 2.77. The molecule has 0 amide bonds. The molecular formula is C14H18BrFN2O2. The highest BCUT2D eigenvalue weighted by molar-refractivity contribution is 9.10. The minimum atomic E-state index is -0.491. The number of rotatable bonds is 4. The molecule has 1 aliphatic rings. The van der Waals surface area contributed by atoms with Gasteiger partial charge >= 0.3 is 0 Å². The van der Waals surface area contributed by atoms with Crippen LogP contribution in [0.5, 0.6) is 0 Å². The molecule has 2 unspecified atom stereocenters. The largest absolute Gasteiger partial charge is 0.379 e. The number of nitrogens with zero attached hydrogens (tertiary/aromatic N) is 1. The van der Waals surface area contributed by atoms with Crippen LogP contribution in [0.1, 0.15) is 32.6 Å². The number of halogens is 2. The van der Waals surface area contributed by atoms with Crippen LogP contribution < -0.4 is 5.32 Å². The first-order valence-corrected chi connectivity index (χ1v) is 7.65. The maximum atomic E-state index is 13.6. The number of benzene rings is 1. The minimum absolute atomic E-state index is 0.0956. The summed E-state index contributed by atoms with van der Waals surface area (Å²) in [6.45, 7) is 2.87. The Hall–Kier alpha value is -1.17. The molecule has 6 heteroatoms. The predicted molar refractivity (Wildman–Crippen MR) is 80.4 cm³/mol. The van der Waals surface area contributed by atoms with Crippen molar-refractivity contribution in [1.82, 2.24) is 0 Å². The lowest BCUT2D eigenvalue weighted by Gasteiger charge is -2.29. The standard InChI is InChI=1S/C14H18BrFN2O2/c1-9-4-2-3-5-10(9)8-17-13-7-12(16)11(15)6-14(13)18(19)20/h6-7,9-10,17H,2-5,8H2,1H3. The molecule has 0 radical (unpaired) electrons. The van der Waals surface area contributed by atoms with E-state index in [9.17, 15) is 14.5 Å². The zero-order chi connectivity index (χ0) is 14.7. The van der Waals surface area contributed by atoms with E-state index in [4.69, 9.17) is 0 Å². The van der Waals surface area contributed by atoms with Crippen molar-refractivity contribution in [2.45, 2.75) is 32.6 Å². The second-order valence-electron chi connectivity index (χ2n) is 5.44. The average Bonchev–Trinajstić information content (AvgIpc) is 2.41. The first-order chi connectivity index (χ1) is 9.49. The third kappa shape index (κ3) is 3.48. The number of hydrogen-bond donors (Lipinski definition) is 1. The lowest BCUT2D eigenvalue weighted by Crippen LogP contribution is -2.24. The van der Waals surface area contributed by atoms with E-state index in [0.29, 0.717) is 18.4 Å². The number of anilines is 1. The van der Waals surface area contributed by atoms with Gasteiger partial charge in [0.05, 0.1) is 9.40 Å². The van der Waals surface area contributed by atoms with Crippen LogP contribution in [-0.2, 0) is 0 Å². The molecule has 1 saturated carbocycles. The van der Waals surface area contributed by atoms with Gasteiger partial charge in [0, 0.05) is 18.7 Å². The molecule has 1 aromatic rings. The second kappa shape index (κ2) is 6.52. The molecule has 0 saturated heterocycles. The van der Waals surface area contributed by atoms with E-state index in [0.717, 1.165) is 6.42 Å². The summed E-state index contributed by atoms with van der Waals surface area (Å²) in [4.78, 5) is 10.5. The molecule has 0 bridgehead atoms. The van der Waals surface area contributed by atoms with Crippen LogP contribution in [0.3, 0.4) is 0 Å². The molecule has 1 fully saturated rings. The highest BCUT2D eigenvalue weighted by atomic mass is 79.9. The minimum Gasteiger partial charge on any atom is -0.379 e. The Labute approximate surface area is 126 Å². The van der Waals surface area contributed by atoms with E-state index >= 15 is 0 Å². The van der Waals surface area contributed by atoms with Crippen LogP contribution in [0.15, 0.2) is 16.6 Å². The molecule has 0 spiro atoms. The Bertz CT molecular complexity index is 510. The number of nitrogens with one attached hydrogen (secondary N) is 1. The first-order valence-electron chi connectivity index (χ1n) is 6.86. The average molecular weight is 345 g/mol. The summed E-state index contributed by atoms with van der Waals surface area (Å²) in [5.41, 5.74) is 0.162. The maximum absolute atomic E-state index is 13.6. The van der Waals surface area contributed by atoms with Gasteiger partial charge in [0.25, 0.3) is 5.69 Å². The molecule has 1 N–H and O–H groups in total. The van der Waals surface area contributed by atoms with Crippen LogP contribution in [0, 0.1) is 27.8 Å². The topological polar surface area (TPSA) is 55.2 Å². The van der Waals surface area contributed by atoms with Crippen LogP contribution >= 0.6 is 15.9 Å². The normalized spacial score (nSPS) is 22.6. The smallest absolute Gasteiger partial charge is 0.293 e. The molecule has 0 aromatic heterocycles. The summed E-state index contributed by atoms with van der Waals surface area (Å²) >= 11 is 2.98. The van der Waals surface area contributed by atoms with Gasteiger partial charge in [-0.25, -0.2) is 4.39 Å². The maximum Gasteiger partial charge on any atom is 0.293 e. The monoisotopic (exact) mass is 344 g/mol. The molecule has 0 aliphatic heterocycles. The zero-order valence-electron chi connectivity index (χ0n) is 11.4. The van der Waals surface area contributed by atoms with E-state index in [1.165, 1.54) is 31.4 Å². The van der Waals surface area contributed by atoms with Crippen molar-refractivity contribution in [3.05, 3.63) is 32.5 Å². The van der Waals surface area contributed by atoms with Crippen molar-refractivity contribution in [2.75, 3.05) is 11.9 Å². The molecule has 20 heavy (non-hydrogen) atoms. The summed E-state index contributed by atoms with van der Waals surface area (Å²) in [5, 5.41) is 14.1. The SMILES string of the molecule is CC1CCCCC1CNc1cc(F)c(Br)cc1[N+](=O)[O-]. The highest BCUT2D eigenvalue weighted by Crippen LogP contribution is 2.33. The zero-order valence-corrected chi connectivity index (χ0v) is 13.0. The van der Waals surface area contributed by atoms with E-state index < -0.39 is 10.7 Å². The van der Waals surface area contributed by atoms with E-state index in [2.05, 4.69) is 28.2 Å². The first kappa shape index (κ1) is 15.2. The van der Waals surface area contributed by atoms with Gasteiger partial charge in [0.15, 0.2) is 0 Å². The molecule has 0 heterocycles. The van der Waals surface area contributed by atoms with Gasteiger partial charge in [0.2, 0.25) is 0 Å². The third-order valence-electron chi connectivity index (χ3n) is 4.08. The fourth-order valence-corrected chi connectivity index (χ4v) is 3.10. The van der Waals surface area contributed by atoms with Crippen LogP contribution in [-0.4, -0.2) is 11.5 Å². The molecule has 4 nitrogen and oxygen atoms in total. The summed E-state index contributed by atoms with van der Waals surface area (Å²) in [6.07, 6.45) is 4.78. The Kier molecular flexibility index (Phi) is 4.96. The Balaban J connectivity index is 2.12. The van der Waals surface area contributed by atoms with Gasteiger partial charge < -0.3 is 5.32 Å². The summed E-state index contributed by atoms with van der Waals surface area (Å²) in [6, 6.07) is 2.40. The molecule has 110 valence electrons. The van der Waals surface area contributed by atoms with Crippen molar-refractivity contribution in [1.29, 1.82) is 0 Å². The van der Waals surface area contributed by atoms with Gasteiger partial charge in [-0.15, -0.1) is 0 Å². The quantitative estimate of drug-likeness (QED) is 0.634. The van der Waals surface area contributed by atoms with E-state index in [1.807, 2.05) is 0 Å². The van der Waals surface area contributed by atoms with E-state index in [-0.39, 0.29) is 15.8 Å². The Morgan fingerprint density at radius 2 is 2.15 bits per heavy atom. The van der Waals surface area contributed by atoms with Crippen molar-refractivity contribution in [3.8, 4) is 0 Å². The van der Waals surface area contributed by atoms with Crippen molar-refractivity contribution in [3.63, 3.8) is 0 Å².